The Kier molecular flexibility index (Phi) is 6.79. The number of unbranched alkanes of at least 4 members (excludes halogenated alkanes) is 2. The molecule has 1 aromatic rings. The van der Waals surface area contributed by atoms with Crippen LogP contribution < -0.4 is 0 Å². The van der Waals surface area contributed by atoms with Gasteiger partial charge in [-0.05, 0) is 82.3 Å². The highest BCUT2D eigenvalue weighted by molar-refractivity contribution is 6.30. The van der Waals surface area contributed by atoms with Crippen molar-refractivity contribution in [1.82, 2.24) is 4.90 Å². The van der Waals surface area contributed by atoms with E-state index in [1.54, 1.807) is 0 Å². The topological polar surface area (TPSA) is 43.7 Å². The van der Waals surface area contributed by atoms with Gasteiger partial charge in [0.05, 0.1) is 12.2 Å². The van der Waals surface area contributed by atoms with Crippen LogP contribution in [0.25, 0.3) is 0 Å². The summed E-state index contributed by atoms with van der Waals surface area (Å²) in [6.45, 7) is 1.16. The lowest BCUT2D eigenvalue weighted by Gasteiger charge is -2.27. The van der Waals surface area contributed by atoms with Crippen LogP contribution in [0.1, 0.15) is 50.2 Å². The number of allylic oxidation sites excluding steroid dienone is 2. The number of aliphatic hydroxyl groups excluding tert-OH is 2. The molecule has 2 aliphatic rings. The predicted molar refractivity (Wildman–Crippen MR) is 107 cm³/mol. The molecule has 1 fully saturated rings. The van der Waals surface area contributed by atoms with Crippen molar-refractivity contribution in [1.29, 1.82) is 0 Å². The molecule has 5 atom stereocenters. The molecule has 144 valence electrons. The number of fused-ring (bicyclic) bond motifs is 1. The van der Waals surface area contributed by atoms with Gasteiger partial charge in [0.1, 0.15) is 0 Å². The van der Waals surface area contributed by atoms with Gasteiger partial charge in [0.25, 0.3) is 0 Å². The molecule has 4 heteroatoms. The zero-order chi connectivity index (χ0) is 18.7. The summed E-state index contributed by atoms with van der Waals surface area (Å²) < 4.78 is 0. The molecule has 2 aliphatic carbocycles. The Balaban J connectivity index is 1.56. The molecule has 0 saturated heterocycles. The predicted octanol–water partition coefficient (Wildman–Crippen LogP) is 4.44. The van der Waals surface area contributed by atoms with E-state index in [0.29, 0.717) is 16.9 Å². The third-order valence-electron chi connectivity index (χ3n) is 6.11. The molecule has 0 aliphatic heterocycles. The van der Waals surface area contributed by atoms with Crippen LogP contribution in [0.2, 0.25) is 5.02 Å². The molecule has 3 nitrogen and oxygen atoms in total. The zero-order valence-corrected chi connectivity index (χ0v) is 16.7. The minimum Gasteiger partial charge on any atom is -0.393 e. The highest BCUT2D eigenvalue weighted by Crippen LogP contribution is 2.51. The molecular formula is C22H32ClNO2. The first-order chi connectivity index (χ1) is 12.5. The van der Waals surface area contributed by atoms with Crippen LogP contribution in [0.5, 0.6) is 0 Å². The van der Waals surface area contributed by atoms with E-state index in [-0.39, 0.29) is 5.92 Å². The molecule has 0 bridgehead atoms. The van der Waals surface area contributed by atoms with Gasteiger partial charge in [0, 0.05) is 10.9 Å². The lowest BCUT2D eigenvalue weighted by atomic mass is 9.82. The van der Waals surface area contributed by atoms with Gasteiger partial charge >= 0.3 is 0 Å². The van der Waals surface area contributed by atoms with Gasteiger partial charge in [-0.15, -0.1) is 0 Å². The molecule has 1 saturated carbocycles. The van der Waals surface area contributed by atoms with Crippen molar-refractivity contribution in [3.63, 3.8) is 0 Å². The maximum atomic E-state index is 10.9. The monoisotopic (exact) mass is 377 g/mol. The highest BCUT2D eigenvalue weighted by atomic mass is 35.5. The van der Waals surface area contributed by atoms with Crippen molar-refractivity contribution in [2.45, 2.75) is 50.7 Å². The van der Waals surface area contributed by atoms with Crippen LogP contribution in [0, 0.1) is 17.8 Å². The quantitative estimate of drug-likeness (QED) is 0.520. The van der Waals surface area contributed by atoms with Gasteiger partial charge in [0.2, 0.25) is 0 Å². The molecule has 0 unspecified atom stereocenters. The summed E-state index contributed by atoms with van der Waals surface area (Å²) in [6.07, 6.45) is 8.03. The smallest absolute Gasteiger partial charge is 0.0846 e. The summed E-state index contributed by atoms with van der Waals surface area (Å²) >= 11 is 6.08. The van der Waals surface area contributed by atoms with Crippen molar-refractivity contribution in [3.05, 3.63) is 46.5 Å². The maximum Gasteiger partial charge on any atom is 0.0846 e. The molecule has 0 heterocycles. The Hall–Kier alpha value is -0.870. The maximum absolute atomic E-state index is 10.9. The summed E-state index contributed by atoms with van der Waals surface area (Å²) in [6, 6.07) is 7.41. The zero-order valence-electron chi connectivity index (χ0n) is 15.9. The molecule has 26 heavy (non-hydrogen) atoms. The fourth-order valence-electron chi connectivity index (χ4n) is 4.83. The summed E-state index contributed by atoms with van der Waals surface area (Å²) in [5.74, 6) is 0.678. The van der Waals surface area contributed by atoms with E-state index in [2.05, 4.69) is 25.1 Å². The van der Waals surface area contributed by atoms with Crippen molar-refractivity contribution in [2.75, 3.05) is 20.6 Å². The Labute approximate surface area is 162 Å². The lowest BCUT2D eigenvalue weighted by Crippen LogP contribution is -2.26. The molecule has 1 aromatic carbocycles. The molecule has 0 amide bonds. The van der Waals surface area contributed by atoms with E-state index in [1.165, 1.54) is 24.8 Å². The second-order valence-electron chi connectivity index (χ2n) is 8.35. The van der Waals surface area contributed by atoms with Gasteiger partial charge in [-0.2, -0.15) is 0 Å². The first-order valence-electron chi connectivity index (χ1n) is 9.91. The van der Waals surface area contributed by atoms with E-state index >= 15 is 0 Å². The van der Waals surface area contributed by atoms with Gasteiger partial charge < -0.3 is 15.1 Å². The van der Waals surface area contributed by atoms with E-state index in [4.69, 9.17) is 11.6 Å². The number of nitrogens with zero attached hydrogens (tertiary/aromatic N) is 1. The van der Waals surface area contributed by atoms with Crippen LogP contribution >= 0.6 is 11.6 Å². The fourth-order valence-corrected chi connectivity index (χ4v) is 5.03. The summed E-state index contributed by atoms with van der Waals surface area (Å²) in [5.41, 5.74) is 2.35. The number of hydrogen-bond donors (Lipinski definition) is 2. The molecule has 0 aromatic heterocycles. The molecule has 0 spiro atoms. The molecule has 3 rings (SSSR count). The standard InChI is InChI=1S/C22H32ClNO2/c1-24(2)10-5-3-4-7-15-11-17-14-20(25)21(19(17)12-15)22(26)16-8-6-9-18(23)13-16/h6,8-9,11,13,17,19-22,25-26H,3-5,7,10,12,14H2,1-2H3/t17-,19-,20+,21+,22+/m0/s1. The Morgan fingerprint density at radius 3 is 2.77 bits per heavy atom. The average Bonchev–Trinajstić information content (AvgIpc) is 3.09. The van der Waals surface area contributed by atoms with E-state index in [1.807, 2.05) is 24.3 Å². The van der Waals surface area contributed by atoms with Crippen LogP contribution in [-0.2, 0) is 0 Å². The first kappa shape index (κ1) is 19.9. The first-order valence-corrected chi connectivity index (χ1v) is 10.3. The van der Waals surface area contributed by atoms with Crippen LogP contribution in [-0.4, -0.2) is 41.9 Å². The van der Waals surface area contributed by atoms with Crippen molar-refractivity contribution in [3.8, 4) is 0 Å². The van der Waals surface area contributed by atoms with E-state index in [0.717, 1.165) is 31.4 Å². The molecule has 0 radical (unpaired) electrons. The Morgan fingerprint density at radius 1 is 1.23 bits per heavy atom. The van der Waals surface area contributed by atoms with Crippen LogP contribution in [0.3, 0.4) is 0 Å². The van der Waals surface area contributed by atoms with Gasteiger partial charge in [-0.3, -0.25) is 0 Å². The number of rotatable bonds is 8. The molecular weight excluding hydrogens is 346 g/mol. The van der Waals surface area contributed by atoms with Crippen molar-refractivity contribution in [2.24, 2.45) is 17.8 Å². The van der Waals surface area contributed by atoms with Crippen molar-refractivity contribution >= 4 is 11.6 Å². The van der Waals surface area contributed by atoms with Gasteiger partial charge in [-0.25, -0.2) is 0 Å². The number of benzene rings is 1. The Bertz CT molecular complexity index is 630. The minimum atomic E-state index is -0.647. The van der Waals surface area contributed by atoms with Gasteiger partial charge in [0.15, 0.2) is 0 Å². The average molecular weight is 378 g/mol. The minimum absolute atomic E-state index is 0.0963. The van der Waals surface area contributed by atoms with Gasteiger partial charge in [-0.1, -0.05) is 41.8 Å². The largest absolute Gasteiger partial charge is 0.393 e. The van der Waals surface area contributed by atoms with E-state index in [9.17, 15) is 10.2 Å². The van der Waals surface area contributed by atoms with Crippen molar-refractivity contribution < 1.29 is 10.2 Å². The number of aliphatic hydroxyl groups is 2. The lowest BCUT2D eigenvalue weighted by molar-refractivity contribution is 0.0109. The second kappa shape index (κ2) is 8.88. The highest BCUT2D eigenvalue weighted by Gasteiger charge is 2.47. The number of hydrogen-bond acceptors (Lipinski definition) is 3. The number of halogens is 1. The van der Waals surface area contributed by atoms with Crippen LogP contribution in [0.4, 0.5) is 0 Å². The third kappa shape index (κ3) is 4.69. The normalized spacial score (nSPS) is 29.1. The van der Waals surface area contributed by atoms with E-state index < -0.39 is 12.2 Å². The second-order valence-corrected chi connectivity index (χ2v) is 8.79. The summed E-state index contributed by atoms with van der Waals surface area (Å²) in [7, 11) is 4.24. The summed E-state index contributed by atoms with van der Waals surface area (Å²) in [5, 5.41) is 22.1. The Morgan fingerprint density at radius 2 is 2.04 bits per heavy atom. The summed E-state index contributed by atoms with van der Waals surface area (Å²) in [4.78, 5) is 2.24. The van der Waals surface area contributed by atoms with Crippen LogP contribution in [0.15, 0.2) is 35.9 Å². The SMILES string of the molecule is CN(C)CCCCCC1=C[C@H]2C[C@@H](O)[C@H]([C@H](O)c3cccc(Cl)c3)[C@H]2C1. The molecule has 2 N–H and O–H groups in total. The fraction of sp³-hybridized carbons (Fsp3) is 0.636. The third-order valence-corrected chi connectivity index (χ3v) is 6.34.